The summed E-state index contributed by atoms with van der Waals surface area (Å²) in [5.41, 5.74) is 0.528. The molecule has 1 fully saturated rings. The molecule has 20 heavy (non-hydrogen) atoms. The lowest BCUT2D eigenvalue weighted by Gasteiger charge is -2.18. The van der Waals surface area contributed by atoms with Crippen LogP contribution in [-0.2, 0) is 10.0 Å². The van der Waals surface area contributed by atoms with Crippen LogP contribution in [-0.4, -0.2) is 32.2 Å². The van der Waals surface area contributed by atoms with Gasteiger partial charge in [-0.2, -0.15) is 0 Å². The minimum absolute atomic E-state index is 0.0781. The molecule has 0 heterocycles. The first-order valence-electron chi connectivity index (χ1n) is 6.93. The largest absolute Gasteiger partial charge is 0.391 e. The number of sulfonamides is 1. The standard InChI is InChI=1S/C14H22N2O3S/c1-10(2)13(17)9-15-12-5-3-4-6-14(12)20(18,19)16-11-7-8-11/h3-6,10-11,13,15-17H,7-9H2,1-2H3. The second-order valence-corrected chi connectivity index (χ2v) is 7.27. The van der Waals surface area contributed by atoms with Crippen molar-refractivity contribution in [2.24, 2.45) is 5.92 Å². The van der Waals surface area contributed by atoms with Crippen molar-refractivity contribution in [3.8, 4) is 0 Å². The van der Waals surface area contributed by atoms with Gasteiger partial charge < -0.3 is 10.4 Å². The molecule has 1 aromatic rings. The molecule has 5 nitrogen and oxygen atoms in total. The monoisotopic (exact) mass is 298 g/mol. The van der Waals surface area contributed by atoms with Gasteiger partial charge in [0.15, 0.2) is 0 Å². The van der Waals surface area contributed by atoms with E-state index < -0.39 is 16.1 Å². The Bertz CT molecular complexity index is 553. The minimum atomic E-state index is -3.49. The Hall–Kier alpha value is -1.11. The zero-order valence-electron chi connectivity index (χ0n) is 11.8. The lowest BCUT2D eigenvalue weighted by atomic mass is 10.1. The fraction of sp³-hybridized carbons (Fsp3) is 0.571. The van der Waals surface area contributed by atoms with Crippen molar-refractivity contribution < 1.29 is 13.5 Å². The van der Waals surface area contributed by atoms with Gasteiger partial charge in [0, 0.05) is 12.6 Å². The van der Waals surface area contributed by atoms with Crippen LogP contribution in [0.15, 0.2) is 29.2 Å². The molecule has 0 saturated heterocycles. The van der Waals surface area contributed by atoms with E-state index in [1.165, 1.54) is 0 Å². The molecular weight excluding hydrogens is 276 g/mol. The predicted molar refractivity (Wildman–Crippen MR) is 79.1 cm³/mol. The lowest BCUT2D eigenvalue weighted by Crippen LogP contribution is -2.28. The van der Waals surface area contributed by atoms with Gasteiger partial charge in [-0.15, -0.1) is 0 Å². The van der Waals surface area contributed by atoms with E-state index in [0.29, 0.717) is 12.2 Å². The quantitative estimate of drug-likeness (QED) is 0.714. The molecule has 1 unspecified atom stereocenters. The molecule has 3 N–H and O–H groups in total. The Balaban J connectivity index is 2.13. The zero-order valence-corrected chi connectivity index (χ0v) is 12.7. The molecule has 0 aromatic heterocycles. The number of aliphatic hydroxyl groups is 1. The highest BCUT2D eigenvalue weighted by Crippen LogP contribution is 2.26. The Labute approximate surface area is 120 Å². The number of aliphatic hydroxyl groups excluding tert-OH is 1. The van der Waals surface area contributed by atoms with E-state index >= 15 is 0 Å². The maximum absolute atomic E-state index is 12.3. The van der Waals surface area contributed by atoms with Crippen LogP contribution < -0.4 is 10.0 Å². The summed E-state index contributed by atoms with van der Waals surface area (Å²) in [7, 11) is -3.49. The number of anilines is 1. The van der Waals surface area contributed by atoms with E-state index in [1.807, 2.05) is 13.8 Å². The topological polar surface area (TPSA) is 78.4 Å². The molecule has 0 spiro atoms. The van der Waals surface area contributed by atoms with Crippen LogP contribution >= 0.6 is 0 Å². The van der Waals surface area contributed by atoms with Crippen LogP contribution in [0.25, 0.3) is 0 Å². The molecule has 6 heteroatoms. The predicted octanol–water partition coefficient (Wildman–Crippen LogP) is 1.56. The second-order valence-electron chi connectivity index (χ2n) is 5.58. The van der Waals surface area contributed by atoms with Gasteiger partial charge >= 0.3 is 0 Å². The Morgan fingerprint density at radius 3 is 2.55 bits per heavy atom. The SMILES string of the molecule is CC(C)C(O)CNc1ccccc1S(=O)(=O)NC1CC1. The fourth-order valence-electron chi connectivity index (χ4n) is 1.78. The molecule has 0 bridgehead atoms. The third-order valence-electron chi connectivity index (χ3n) is 3.35. The van der Waals surface area contributed by atoms with Crippen LogP contribution in [0.1, 0.15) is 26.7 Å². The molecule has 0 aliphatic heterocycles. The van der Waals surface area contributed by atoms with Crippen LogP contribution in [0, 0.1) is 5.92 Å². The summed E-state index contributed by atoms with van der Waals surface area (Å²) in [6, 6.07) is 6.85. The van der Waals surface area contributed by atoms with Crippen molar-refractivity contribution in [3.05, 3.63) is 24.3 Å². The molecular formula is C14H22N2O3S. The second kappa shape index (κ2) is 6.11. The van der Waals surface area contributed by atoms with Gasteiger partial charge in [-0.3, -0.25) is 0 Å². The molecule has 1 atom stereocenters. The van der Waals surface area contributed by atoms with Gasteiger partial charge in [0.05, 0.1) is 11.8 Å². The molecule has 1 saturated carbocycles. The third-order valence-corrected chi connectivity index (χ3v) is 4.93. The van der Waals surface area contributed by atoms with Gasteiger partial charge in [0.1, 0.15) is 4.90 Å². The van der Waals surface area contributed by atoms with Crippen LogP contribution in [0.2, 0.25) is 0 Å². The number of benzene rings is 1. The maximum Gasteiger partial charge on any atom is 0.242 e. The van der Waals surface area contributed by atoms with E-state index in [9.17, 15) is 13.5 Å². The van der Waals surface area contributed by atoms with Crippen molar-refractivity contribution in [1.82, 2.24) is 4.72 Å². The molecule has 1 aliphatic rings. The van der Waals surface area contributed by atoms with E-state index in [2.05, 4.69) is 10.0 Å². The Morgan fingerprint density at radius 2 is 1.95 bits per heavy atom. The molecule has 1 aromatic carbocycles. The Morgan fingerprint density at radius 1 is 1.30 bits per heavy atom. The van der Waals surface area contributed by atoms with Crippen molar-refractivity contribution in [3.63, 3.8) is 0 Å². The summed E-state index contributed by atoms with van der Waals surface area (Å²) >= 11 is 0. The van der Waals surface area contributed by atoms with Crippen LogP contribution in [0.4, 0.5) is 5.69 Å². The number of para-hydroxylation sites is 1. The third kappa shape index (κ3) is 3.94. The Kier molecular flexibility index (Phi) is 4.67. The first kappa shape index (κ1) is 15.3. The minimum Gasteiger partial charge on any atom is -0.391 e. The molecule has 2 rings (SSSR count). The van der Waals surface area contributed by atoms with Crippen molar-refractivity contribution >= 4 is 15.7 Å². The highest BCUT2D eigenvalue weighted by molar-refractivity contribution is 7.89. The van der Waals surface area contributed by atoms with Gasteiger partial charge in [0.2, 0.25) is 10.0 Å². The molecule has 1 aliphatic carbocycles. The average Bonchev–Trinajstić information content (AvgIpc) is 3.19. The van der Waals surface area contributed by atoms with E-state index in [1.54, 1.807) is 24.3 Å². The van der Waals surface area contributed by atoms with Gasteiger partial charge in [-0.1, -0.05) is 26.0 Å². The lowest BCUT2D eigenvalue weighted by molar-refractivity contribution is 0.138. The fourth-order valence-corrected chi connectivity index (χ4v) is 3.27. The van der Waals surface area contributed by atoms with Crippen molar-refractivity contribution in [2.45, 2.75) is 43.7 Å². The summed E-state index contributed by atoms with van der Waals surface area (Å²) in [6.45, 7) is 4.17. The van der Waals surface area contributed by atoms with Crippen molar-refractivity contribution in [1.29, 1.82) is 0 Å². The van der Waals surface area contributed by atoms with Crippen LogP contribution in [0.3, 0.4) is 0 Å². The normalized spacial score (nSPS) is 17.2. The van der Waals surface area contributed by atoms with Gasteiger partial charge in [-0.05, 0) is 30.9 Å². The highest BCUT2D eigenvalue weighted by Gasteiger charge is 2.29. The first-order chi connectivity index (χ1) is 9.40. The van der Waals surface area contributed by atoms with E-state index in [0.717, 1.165) is 12.8 Å². The zero-order chi connectivity index (χ0) is 14.8. The summed E-state index contributed by atoms with van der Waals surface area (Å²) in [6.07, 6.45) is 1.30. The van der Waals surface area contributed by atoms with Gasteiger partial charge in [0.25, 0.3) is 0 Å². The first-order valence-corrected chi connectivity index (χ1v) is 8.42. The molecule has 0 radical (unpaired) electrons. The summed E-state index contributed by atoms with van der Waals surface area (Å²) < 4.78 is 27.2. The van der Waals surface area contributed by atoms with Gasteiger partial charge in [-0.25, -0.2) is 13.1 Å². The summed E-state index contributed by atoms with van der Waals surface area (Å²) in [5, 5.41) is 12.8. The maximum atomic E-state index is 12.3. The van der Waals surface area contributed by atoms with Crippen molar-refractivity contribution in [2.75, 3.05) is 11.9 Å². The van der Waals surface area contributed by atoms with Crippen LogP contribution in [0.5, 0.6) is 0 Å². The smallest absolute Gasteiger partial charge is 0.242 e. The van der Waals surface area contributed by atoms with E-state index in [-0.39, 0.29) is 16.9 Å². The molecule has 112 valence electrons. The highest BCUT2D eigenvalue weighted by atomic mass is 32.2. The summed E-state index contributed by atoms with van der Waals surface area (Å²) in [5.74, 6) is 0.121. The number of rotatable bonds is 7. The number of hydrogen-bond donors (Lipinski definition) is 3. The average molecular weight is 298 g/mol. The summed E-state index contributed by atoms with van der Waals surface area (Å²) in [4.78, 5) is 0.239. The molecule has 0 amide bonds. The number of nitrogens with one attached hydrogen (secondary N) is 2. The number of hydrogen-bond acceptors (Lipinski definition) is 4. The van der Waals surface area contributed by atoms with E-state index in [4.69, 9.17) is 0 Å².